The van der Waals surface area contributed by atoms with Crippen LogP contribution in [0.3, 0.4) is 0 Å². The van der Waals surface area contributed by atoms with Crippen LogP contribution in [0.5, 0.6) is 0 Å². The number of hydrogen-bond acceptors (Lipinski definition) is 2. The standard InChI is InChI=1S/C16H21ClN2O/c17-14-7-2-1-6-13(14)16(20)19-15-10-4-3-5-11(15)9-12(18)8-10/h1-2,6-7,10-12,15H,3-5,8-9,18H2,(H,19,20). The predicted octanol–water partition coefficient (Wildman–Crippen LogP) is 2.98. The minimum absolute atomic E-state index is 0.0482. The van der Waals surface area contributed by atoms with E-state index >= 15 is 0 Å². The summed E-state index contributed by atoms with van der Waals surface area (Å²) in [6.07, 6.45) is 5.68. The second-order valence-electron chi connectivity index (χ2n) is 6.16. The van der Waals surface area contributed by atoms with Crippen molar-refractivity contribution in [2.24, 2.45) is 17.6 Å². The van der Waals surface area contributed by atoms with Gasteiger partial charge in [-0.3, -0.25) is 4.79 Å². The number of nitrogens with one attached hydrogen (secondary N) is 1. The first-order chi connectivity index (χ1) is 9.65. The summed E-state index contributed by atoms with van der Waals surface area (Å²) in [4.78, 5) is 12.4. The molecule has 2 saturated carbocycles. The zero-order valence-corrected chi connectivity index (χ0v) is 12.3. The average Bonchev–Trinajstić information content (AvgIpc) is 2.40. The molecule has 0 aromatic heterocycles. The Morgan fingerprint density at radius 2 is 1.85 bits per heavy atom. The van der Waals surface area contributed by atoms with Gasteiger partial charge in [0, 0.05) is 12.1 Å². The van der Waals surface area contributed by atoms with Crippen LogP contribution in [0.25, 0.3) is 0 Å². The Kier molecular flexibility index (Phi) is 3.99. The molecule has 0 radical (unpaired) electrons. The SMILES string of the molecule is NC1CC2CCCC(C1)C2NC(=O)c1ccccc1Cl. The predicted molar refractivity (Wildman–Crippen MR) is 80.7 cm³/mol. The van der Waals surface area contributed by atoms with Crippen LogP contribution >= 0.6 is 11.6 Å². The zero-order valence-electron chi connectivity index (χ0n) is 11.5. The molecule has 1 amide bonds. The molecular formula is C16H21ClN2O. The van der Waals surface area contributed by atoms with Gasteiger partial charge >= 0.3 is 0 Å². The van der Waals surface area contributed by atoms with Crippen molar-refractivity contribution >= 4 is 17.5 Å². The number of nitrogens with two attached hydrogens (primary N) is 1. The number of halogens is 1. The van der Waals surface area contributed by atoms with Gasteiger partial charge in [0.2, 0.25) is 0 Å². The van der Waals surface area contributed by atoms with Crippen molar-refractivity contribution in [3.8, 4) is 0 Å². The van der Waals surface area contributed by atoms with E-state index < -0.39 is 0 Å². The third-order valence-electron chi connectivity index (χ3n) is 4.79. The van der Waals surface area contributed by atoms with E-state index in [1.54, 1.807) is 12.1 Å². The first kappa shape index (κ1) is 13.9. The van der Waals surface area contributed by atoms with E-state index in [0.29, 0.717) is 28.5 Å². The highest BCUT2D eigenvalue weighted by molar-refractivity contribution is 6.33. The summed E-state index contributed by atoms with van der Waals surface area (Å²) >= 11 is 6.10. The van der Waals surface area contributed by atoms with Crippen LogP contribution in [-0.4, -0.2) is 18.0 Å². The van der Waals surface area contributed by atoms with Crippen LogP contribution in [0.1, 0.15) is 42.5 Å². The molecule has 4 heteroatoms. The van der Waals surface area contributed by atoms with E-state index in [-0.39, 0.29) is 11.9 Å². The van der Waals surface area contributed by atoms with E-state index in [0.717, 1.165) is 12.8 Å². The normalized spacial score (nSPS) is 32.7. The molecule has 2 fully saturated rings. The van der Waals surface area contributed by atoms with Crippen LogP contribution in [0.15, 0.2) is 24.3 Å². The minimum atomic E-state index is -0.0482. The van der Waals surface area contributed by atoms with E-state index in [2.05, 4.69) is 5.32 Å². The quantitative estimate of drug-likeness (QED) is 0.880. The number of carbonyl (C=O) groups excluding carboxylic acids is 1. The lowest BCUT2D eigenvalue weighted by Gasteiger charge is -2.45. The number of rotatable bonds is 2. The molecule has 3 nitrogen and oxygen atoms in total. The van der Waals surface area contributed by atoms with Gasteiger partial charge in [0.1, 0.15) is 0 Å². The fraction of sp³-hybridized carbons (Fsp3) is 0.562. The molecule has 2 unspecified atom stereocenters. The molecule has 2 aliphatic rings. The fourth-order valence-corrected chi connectivity index (χ4v) is 4.12. The number of carbonyl (C=O) groups is 1. The van der Waals surface area contributed by atoms with Crippen LogP contribution in [-0.2, 0) is 0 Å². The lowest BCUT2D eigenvalue weighted by Crippen LogP contribution is -2.53. The maximum absolute atomic E-state index is 12.4. The van der Waals surface area contributed by atoms with Crippen molar-refractivity contribution < 1.29 is 4.79 Å². The van der Waals surface area contributed by atoms with Crippen LogP contribution in [0, 0.1) is 11.8 Å². The first-order valence-corrected chi connectivity index (χ1v) is 7.84. The van der Waals surface area contributed by atoms with Gasteiger partial charge in [0.25, 0.3) is 5.91 Å². The average molecular weight is 293 g/mol. The maximum atomic E-state index is 12.4. The number of amides is 1. The summed E-state index contributed by atoms with van der Waals surface area (Å²) in [7, 11) is 0. The fourth-order valence-electron chi connectivity index (χ4n) is 3.90. The molecule has 20 heavy (non-hydrogen) atoms. The van der Waals surface area contributed by atoms with Crippen molar-refractivity contribution in [2.45, 2.75) is 44.2 Å². The largest absolute Gasteiger partial charge is 0.349 e. The van der Waals surface area contributed by atoms with Crippen LogP contribution < -0.4 is 11.1 Å². The lowest BCUT2D eigenvalue weighted by atomic mass is 9.67. The topological polar surface area (TPSA) is 55.1 Å². The van der Waals surface area contributed by atoms with Crippen molar-refractivity contribution in [2.75, 3.05) is 0 Å². The van der Waals surface area contributed by atoms with Gasteiger partial charge in [0.15, 0.2) is 0 Å². The third kappa shape index (κ3) is 2.70. The summed E-state index contributed by atoms with van der Waals surface area (Å²) < 4.78 is 0. The van der Waals surface area contributed by atoms with Crippen LogP contribution in [0.4, 0.5) is 0 Å². The Morgan fingerprint density at radius 3 is 2.50 bits per heavy atom. The molecule has 0 spiro atoms. The number of benzene rings is 1. The Balaban J connectivity index is 1.74. The Hall–Kier alpha value is -1.06. The molecule has 2 atom stereocenters. The molecule has 1 aromatic rings. The molecule has 0 aliphatic heterocycles. The van der Waals surface area contributed by atoms with Gasteiger partial charge < -0.3 is 11.1 Å². The Bertz CT molecular complexity index is 491. The molecule has 0 saturated heterocycles. The smallest absolute Gasteiger partial charge is 0.253 e. The summed E-state index contributed by atoms with van der Waals surface area (Å²) in [5.41, 5.74) is 6.69. The third-order valence-corrected chi connectivity index (χ3v) is 5.12. The summed E-state index contributed by atoms with van der Waals surface area (Å²) in [5.74, 6) is 1.01. The van der Waals surface area contributed by atoms with Crippen LogP contribution in [0.2, 0.25) is 5.02 Å². The maximum Gasteiger partial charge on any atom is 0.253 e. The van der Waals surface area contributed by atoms with Crippen molar-refractivity contribution in [1.29, 1.82) is 0 Å². The van der Waals surface area contributed by atoms with Crippen molar-refractivity contribution in [3.63, 3.8) is 0 Å². The van der Waals surface area contributed by atoms with Gasteiger partial charge in [-0.05, 0) is 49.7 Å². The summed E-state index contributed by atoms with van der Waals surface area (Å²) in [5, 5.41) is 3.74. The second kappa shape index (κ2) is 5.74. The van der Waals surface area contributed by atoms with E-state index in [1.807, 2.05) is 12.1 Å². The van der Waals surface area contributed by atoms with E-state index in [1.165, 1.54) is 19.3 Å². The Morgan fingerprint density at radius 1 is 1.20 bits per heavy atom. The first-order valence-electron chi connectivity index (χ1n) is 7.46. The summed E-state index contributed by atoms with van der Waals surface area (Å²) in [6.45, 7) is 0. The van der Waals surface area contributed by atoms with Gasteiger partial charge in [-0.15, -0.1) is 0 Å². The highest BCUT2D eigenvalue weighted by atomic mass is 35.5. The minimum Gasteiger partial charge on any atom is -0.349 e. The van der Waals surface area contributed by atoms with E-state index in [4.69, 9.17) is 17.3 Å². The summed E-state index contributed by atoms with van der Waals surface area (Å²) in [6, 6.07) is 7.80. The van der Waals surface area contributed by atoms with Crippen molar-refractivity contribution in [1.82, 2.24) is 5.32 Å². The lowest BCUT2D eigenvalue weighted by molar-refractivity contribution is 0.0756. The van der Waals surface area contributed by atoms with Gasteiger partial charge in [0.05, 0.1) is 10.6 Å². The molecule has 108 valence electrons. The molecule has 1 aromatic carbocycles. The van der Waals surface area contributed by atoms with Gasteiger partial charge in [-0.25, -0.2) is 0 Å². The van der Waals surface area contributed by atoms with Gasteiger partial charge in [-0.2, -0.15) is 0 Å². The monoisotopic (exact) mass is 292 g/mol. The molecule has 2 bridgehead atoms. The van der Waals surface area contributed by atoms with Gasteiger partial charge in [-0.1, -0.05) is 30.2 Å². The Labute approximate surface area is 124 Å². The molecule has 0 heterocycles. The highest BCUT2D eigenvalue weighted by Gasteiger charge is 2.40. The van der Waals surface area contributed by atoms with E-state index in [9.17, 15) is 4.79 Å². The van der Waals surface area contributed by atoms with Crippen molar-refractivity contribution in [3.05, 3.63) is 34.9 Å². The second-order valence-corrected chi connectivity index (χ2v) is 6.57. The number of fused-ring (bicyclic) bond motifs is 2. The molecule has 3 N–H and O–H groups in total. The zero-order chi connectivity index (χ0) is 14.1. The highest BCUT2D eigenvalue weighted by Crippen LogP contribution is 2.39. The number of hydrogen-bond donors (Lipinski definition) is 2. The molecule has 3 rings (SSSR count). The molecular weight excluding hydrogens is 272 g/mol. The molecule has 2 aliphatic carbocycles.